The number of aromatic nitrogens is 1. The molecule has 2 N–H and O–H groups in total. The molecule has 0 aliphatic carbocycles. The highest BCUT2D eigenvalue weighted by Gasteiger charge is 2.18. The van der Waals surface area contributed by atoms with Crippen LogP contribution in [0.25, 0.3) is 0 Å². The number of likely N-dealkylation sites (N-methyl/N-ethyl adjacent to an activating group) is 1. The molecule has 7 heteroatoms. The molecule has 0 aliphatic heterocycles. The second-order valence-corrected chi connectivity index (χ2v) is 3.68. The van der Waals surface area contributed by atoms with Crippen molar-refractivity contribution in [3.63, 3.8) is 0 Å². The van der Waals surface area contributed by atoms with E-state index in [2.05, 4.69) is 10.3 Å². The predicted octanol–water partition coefficient (Wildman–Crippen LogP) is -0.402. The van der Waals surface area contributed by atoms with Crippen LogP contribution in [0.2, 0.25) is 0 Å². The molecule has 1 aromatic rings. The van der Waals surface area contributed by atoms with Crippen LogP contribution >= 0.6 is 0 Å². The van der Waals surface area contributed by atoms with Crippen LogP contribution in [-0.2, 0) is 4.79 Å². The van der Waals surface area contributed by atoms with Crippen molar-refractivity contribution in [1.29, 1.82) is 0 Å². The number of carboxylic acids is 1. The van der Waals surface area contributed by atoms with Gasteiger partial charge in [-0.25, -0.2) is 4.79 Å². The van der Waals surface area contributed by atoms with Gasteiger partial charge in [-0.05, 0) is 12.1 Å². The van der Waals surface area contributed by atoms with E-state index >= 15 is 0 Å². The molecule has 1 heterocycles. The van der Waals surface area contributed by atoms with Crippen molar-refractivity contribution >= 4 is 17.8 Å². The maximum absolute atomic E-state index is 11.7. The number of hydrogen-bond donors (Lipinski definition) is 2. The maximum atomic E-state index is 11.7. The van der Waals surface area contributed by atoms with Crippen LogP contribution in [-0.4, -0.2) is 53.4 Å². The minimum absolute atomic E-state index is 0.202. The van der Waals surface area contributed by atoms with Gasteiger partial charge in [-0.3, -0.25) is 14.6 Å². The quantitative estimate of drug-likeness (QED) is 0.758. The summed E-state index contributed by atoms with van der Waals surface area (Å²) in [6, 6.07) is 2.70. The summed E-state index contributed by atoms with van der Waals surface area (Å²) in [5.41, 5.74) is -0.413. The lowest BCUT2D eigenvalue weighted by Crippen LogP contribution is -2.37. The van der Waals surface area contributed by atoms with Gasteiger partial charge in [0.2, 0.25) is 5.91 Å². The number of rotatable bonds is 4. The Morgan fingerprint density at radius 1 is 1.39 bits per heavy atom. The lowest BCUT2D eigenvalue weighted by Gasteiger charge is -2.11. The number of hydrogen-bond acceptors (Lipinski definition) is 4. The molecule has 18 heavy (non-hydrogen) atoms. The largest absolute Gasteiger partial charge is 0.478 e. The Bertz CT molecular complexity index is 485. The van der Waals surface area contributed by atoms with E-state index in [-0.39, 0.29) is 23.7 Å². The van der Waals surface area contributed by atoms with Crippen LogP contribution in [0.5, 0.6) is 0 Å². The predicted molar refractivity (Wildman–Crippen MR) is 62.2 cm³/mol. The lowest BCUT2D eigenvalue weighted by atomic mass is 10.2. The molecule has 0 saturated carbocycles. The summed E-state index contributed by atoms with van der Waals surface area (Å²) >= 11 is 0. The highest BCUT2D eigenvalue weighted by Crippen LogP contribution is 2.04. The van der Waals surface area contributed by atoms with E-state index in [9.17, 15) is 14.4 Å². The van der Waals surface area contributed by atoms with E-state index in [1.165, 1.54) is 23.2 Å². The van der Waals surface area contributed by atoms with Crippen molar-refractivity contribution in [2.24, 2.45) is 0 Å². The molecule has 0 bridgehead atoms. The van der Waals surface area contributed by atoms with E-state index in [1.54, 1.807) is 14.1 Å². The SMILES string of the molecule is CN(C)C(=O)CNC(=O)c1ncccc1C(=O)O. The van der Waals surface area contributed by atoms with Crippen molar-refractivity contribution in [2.45, 2.75) is 0 Å². The number of nitrogens with zero attached hydrogens (tertiary/aromatic N) is 2. The third-order valence-electron chi connectivity index (χ3n) is 2.15. The van der Waals surface area contributed by atoms with E-state index in [4.69, 9.17) is 5.11 Å². The Labute approximate surface area is 103 Å². The molecule has 0 aromatic carbocycles. The first kappa shape index (κ1) is 13.6. The fourth-order valence-electron chi connectivity index (χ4n) is 1.16. The minimum Gasteiger partial charge on any atom is -0.478 e. The number of carboxylic acid groups (broad SMARTS) is 1. The summed E-state index contributed by atoms with van der Waals surface area (Å²) < 4.78 is 0. The summed E-state index contributed by atoms with van der Waals surface area (Å²) in [5, 5.41) is 11.2. The van der Waals surface area contributed by atoms with Crippen LogP contribution in [0.4, 0.5) is 0 Å². The van der Waals surface area contributed by atoms with E-state index < -0.39 is 11.9 Å². The average Bonchev–Trinajstić information content (AvgIpc) is 2.35. The van der Waals surface area contributed by atoms with Gasteiger partial charge in [-0.1, -0.05) is 0 Å². The Hall–Kier alpha value is -2.44. The maximum Gasteiger partial charge on any atom is 0.338 e. The molecule has 0 fully saturated rings. The number of carbonyl (C=O) groups is 3. The molecule has 0 aliphatic rings. The smallest absolute Gasteiger partial charge is 0.338 e. The van der Waals surface area contributed by atoms with Gasteiger partial charge in [0.1, 0.15) is 5.69 Å². The molecule has 0 spiro atoms. The molecular weight excluding hydrogens is 238 g/mol. The van der Waals surface area contributed by atoms with Crippen molar-refractivity contribution in [3.05, 3.63) is 29.6 Å². The number of nitrogens with one attached hydrogen (secondary N) is 1. The summed E-state index contributed by atoms with van der Waals surface area (Å²) in [6.45, 7) is -0.207. The van der Waals surface area contributed by atoms with Gasteiger partial charge in [0, 0.05) is 20.3 Å². The van der Waals surface area contributed by atoms with Gasteiger partial charge in [0.25, 0.3) is 5.91 Å². The van der Waals surface area contributed by atoms with Crippen molar-refractivity contribution < 1.29 is 19.5 Å². The second-order valence-electron chi connectivity index (χ2n) is 3.68. The number of carbonyl (C=O) groups excluding carboxylic acids is 2. The minimum atomic E-state index is -1.24. The molecule has 0 radical (unpaired) electrons. The standard InChI is InChI=1S/C11H13N3O4/c1-14(2)8(15)6-13-10(16)9-7(11(17)18)4-3-5-12-9/h3-5H,6H2,1-2H3,(H,13,16)(H,17,18). The van der Waals surface area contributed by atoms with Gasteiger partial charge in [0.05, 0.1) is 12.1 Å². The topological polar surface area (TPSA) is 99.6 Å². The van der Waals surface area contributed by atoms with E-state index in [1.807, 2.05) is 0 Å². The zero-order valence-electron chi connectivity index (χ0n) is 10.0. The van der Waals surface area contributed by atoms with Crippen molar-refractivity contribution in [2.75, 3.05) is 20.6 Å². The Morgan fingerprint density at radius 2 is 2.06 bits per heavy atom. The normalized spacial score (nSPS) is 9.67. The van der Waals surface area contributed by atoms with Gasteiger partial charge in [0.15, 0.2) is 0 Å². The Morgan fingerprint density at radius 3 is 2.61 bits per heavy atom. The molecule has 96 valence electrons. The Kier molecular flexibility index (Phi) is 4.36. The first-order valence-electron chi connectivity index (χ1n) is 5.10. The molecule has 0 unspecified atom stereocenters. The third kappa shape index (κ3) is 3.27. The third-order valence-corrected chi connectivity index (χ3v) is 2.15. The van der Waals surface area contributed by atoms with Gasteiger partial charge in [-0.2, -0.15) is 0 Å². The molecule has 7 nitrogen and oxygen atoms in total. The molecule has 0 saturated heterocycles. The molecular formula is C11H13N3O4. The van der Waals surface area contributed by atoms with Gasteiger partial charge in [-0.15, -0.1) is 0 Å². The monoisotopic (exact) mass is 251 g/mol. The molecule has 2 amide bonds. The average molecular weight is 251 g/mol. The van der Waals surface area contributed by atoms with Crippen LogP contribution in [0, 0.1) is 0 Å². The number of amides is 2. The fourth-order valence-corrected chi connectivity index (χ4v) is 1.16. The second kappa shape index (κ2) is 5.76. The first-order chi connectivity index (χ1) is 8.43. The van der Waals surface area contributed by atoms with Crippen LogP contribution in [0.15, 0.2) is 18.3 Å². The zero-order valence-corrected chi connectivity index (χ0v) is 10.0. The zero-order chi connectivity index (χ0) is 13.7. The van der Waals surface area contributed by atoms with Crippen molar-refractivity contribution in [1.82, 2.24) is 15.2 Å². The lowest BCUT2D eigenvalue weighted by molar-refractivity contribution is -0.127. The van der Waals surface area contributed by atoms with E-state index in [0.717, 1.165) is 0 Å². The Balaban J connectivity index is 2.79. The van der Waals surface area contributed by atoms with Crippen LogP contribution in [0.1, 0.15) is 20.8 Å². The van der Waals surface area contributed by atoms with Crippen LogP contribution < -0.4 is 5.32 Å². The van der Waals surface area contributed by atoms with Gasteiger partial charge < -0.3 is 15.3 Å². The fraction of sp³-hybridized carbons (Fsp3) is 0.273. The molecule has 0 atom stereocenters. The summed E-state index contributed by atoms with van der Waals surface area (Å²) in [7, 11) is 3.11. The molecule has 1 rings (SSSR count). The molecule has 1 aromatic heterocycles. The highest BCUT2D eigenvalue weighted by molar-refractivity contribution is 6.04. The van der Waals surface area contributed by atoms with Crippen molar-refractivity contribution in [3.8, 4) is 0 Å². The van der Waals surface area contributed by atoms with Gasteiger partial charge >= 0.3 is 5.97 Å². The number of pyridine rings is 1. The highest BCUT2D eigenvalue weighted by atomic mass is 16.4. The van der Waals surface area contributed by atoms with Crippen LogP contribution in [0.3, 0.4) is 0 Å². The van der Waals surface area contributed by atoms with E-state index in [0.29, 0.717) is 0 Å². The summed E-state index contributed by atoms with van der Waals surface area (Å²) in [6.07, 6.45) is 1.31. The number of aromatic carboxylic acids is 1. The first-order valence-corrected chi connectivity index (χ1v) is 5.10. The summed E-state index contributed by atoms with van der Waals surface area (Å²) in [4.78, 5) is 38.9. The summed E-state index contributed by atoms with van der Waals surface area (Å²) in [5.74, 6) is -2.23.